The van der Waals surface area contributed by atoms with Crippen molar-refractivity contribution in [3.05, 3.63) is 41.5 Å². The molecule has 126 valence electrons. The number of hydrogen-bond donors (Lipinski definition) is 0. The summed E-state index contributed by atoms with van der Waals surface area (Å²) in [7, 11) is 0. The van der Waals surface area contributed by atoms with Gasteiger partial charge in [-0.25, -0.2) is 8.78 Å². The average molecular weight is 358 g/mol. The van der Waals surface area contributed by atoms with Gasteiger partial charge in [-0.2, -0.15) is 0 Å². The van der Waals surface area contributed by atoms with Gasteiger partial charge in [0.1, 0.15) is 5.82 Å². The number of alkyl halides is 3. The van der Waals surface area contributed by atoms with E-state index in [0.717, 1.165) is 30.2 Å². The van der Waals surface area contributed by atoms with Gasteiger partial charge in [0, 0.05) is 10.8 Å². The van der Waals surface area contributed by atoms with Crippen LogP contribution in [0.4, 0.5) is 22.0 Å². The summed E-state index contributed by atoms with van der Waals surface area (Å²) in [6.45, 7) is 0. The first-order chi connectivity index (χ1) is 11.3. The Hall–Kier alpha value is -1.89. The lowest BCUT2D eigenvalue weighted by Gasteiger charge is -2.09. The Morgan fingerprint density at radius 3 is 2.21 bits per heavy atom. The van der Waals surface area contributed by atoms with Crippen molar-refractivity contribution >= 4 is 31.5 Å². The van der Waals surface area contributed by atoms with Crippen molar-refractivity contribution in [2.24, 2.45) is 5.92 Å². The van der Waals surface area contributed by atoms with E-state index in [1.165, 1.54) is 6.07 Å². The third-order valence-corrected chi connectivity index (χ3v) is 5.37. The Morgan fingerprint density at radius 2 is 1.58 bits per heavy atom. The summed E-state index contributed by atoms with van der Waals surface area (Å²) in [4.78, 5) is 0. The van der Waals surface area contributed by atoms with Crippen molar-refractivity contribution in [2.45, 2.75) is 25.6 Å². The first kappa shape index (κ1) is 15.6. The summed E-state index contributed by atoms with van der Waals surface area (Å²) in [6, 6.07) is 5.64. The van der Waals surface area contributed by atoms with E-state index in [2.05, 4.69) is 4.74 Å². The maximum Gasteiger partial charge on any atom is 0.573 e. The van der Waals surface area contributed by atoms with E-state index in [-0.39, 0.29) is 9.40 Å². The standard InChI is InChI=1S/C17H11F5OS/c18-13-9(7-8-1-2-8)3-4-10-11-5-6-12(23-17(20,21)22)14(19)16(11)24-15(10)13/h3-6,8H,1-2,7H2. The predicted octanol–water partition coefficient (Wildman–Crippen LogP) is 6.18. The molecule has 1 aliphatic carbocycles. The molecule has 0 amide bonds. The molecule has 0 aliphatic heterocycles. The van der Waals surface area contributed by atoms with Crippen molar-refractivity contribution < 1.29 is 26.7 Å². The molecule has 1 nitrogen and oxygen atoms in total. The molecule has 1 heterocycles. The van der Waals surface area contributed by atoms with E-state index in [4.69, 9.17) is 0 Å². The van der Waals surface area contributed by atoms with E-state index < -0.39 is 23.7 Å². The van der Waals surface area contributed by atoms with Crippen LogP contribution in [0.25, 0.3) is 20.2 Å². The zero-order valence-electron chi connectivity index (χ0n) is 12.2. The van der Waals surface area contributed by atoms with Crippen LogP contribution in [0, 0.1) is 17.6 Å². The van der Waals surface area contributed by atoms with Gasteiger partial charge < -0.3 is 4.74 Å². The fourth-order valence-electron chi connectivity index (χ4n) is 2.85. The summed E-state index contributed by atoms with van der Waals surface area (Å²) >= 11 is 0.819. The van der Waals surface area contributed by atoms with Crippen LogP contribution in [-0.2, 0) is 6.42 Å². The third-order valence-electron chi connectivity index (χ3n) is 4.16. The fourth-order valence-corrected chi connectivity index (χ4v) is 4.05. The van der Waals surface area contributed by atoms with E-state index in [0.29, 0.717) is 28.7 Å². The maximum absolute atomic E-state index is 14.7. The molecular formula is C17H11F5OS. The highest BCUT2D eigenvalue weighted by atomic mass is 32.1. The molecule has 3 aromatic rings. The molecule has 4 rings (SSSR count). The van der Waals surface area contributed by atoms with Crippen LogP contribution < -0.4 is 4.74 Å². The summed E-state index contributed by atoms with van der Waals surface area (Å²) in [6.07, 6.45) is -2.18. The molecule has 0 bridgehead atoms. The first-order valence-electron chi connectivity index (χ1n) is 7.41. The van der Waals surface area contributed by atoms with Crippen LogP contribution in [0.3, 0.4) is 0 Å². The third kappa shape index (κ3) is 2.70. The molecule has 24 heavy (non-hydrogen) atoms. The van der Waals surface area contributed by atoms with Gasteiger partial charge in [0.15, 0.2) is 11.6 Å². The first-order valence-corrected chi connectivity index (χ1v) is 8.23. The van der Waals surface area contributed by atoms with Crippen molar-refractivity contribution in [1.29, 1.82) is 0 Å². The Bertz CT molecular complexity index is 940. The highest BCUT2D eigenvalue weighted by molar-refractivity contribution is 7.25. The lowest BCUT2D eigenvalue weighted by Crippen LogP contribution is -2.17. The SMILES string of the molecule is Fc1c(CC2CC2)ccc2c1sc1c(F)c(OC(F)(F)F)ccc12. The van der Waals surface area contributed by atoms with Crippen molar-refractivity contribution in [1.82, 2.24) is 0 Å². The topological polar surface area (TPSA) is 9.23 Å². The lowest BCUT2D eigenvalue weighted by atomic mass is 10.0. The summed E-state index contributed by atoms with van der Waals surface area (Å²) in [5, 5.41) is 0.892. The summed E-state index contributed by atoms with van der Waals surface area (Å²) in [5.74, 6) is -1.93. The molecule has 0 spiro atoms. The van der Waals surface area contributed by atoms with E-state index >= 15 is 0 Å². The number of halogens is 5. The number of ether oxygens (including phenoxy) is 1. The predicted molar refractivity (Wildman–Crippen MR) is 82.4 cm³/mol. The van der Waals surface area contributed by atoms with Crippen LogP contribution in [0.15, 0.2) is 24.3 Å². The fraction of sp³-hybridized carbons (Fsp3) is 0.294. The molecule has 1 fully saturated rings. The number of fused-ring (bicyclic) bond motifs is 3. The highest BCUT2D eigenvalue weighted by Crippen LogP contribution is 2.42. The molecule has 0 N–H and O–H groups in total. The Morgan fingerprint density at radius 1 is 0.958 bits per heavy atom. The van der Waals surface area contributed by atoms with Gasteiger partial charge in [-0.3, -0.25) is 0 Å². The minimum Gasteiger partial charge on any atom is -0.403 e. The minimum atomic E-state index is -4.98. The summed E-state index contributed by atoms with van der Waals surface area (Å²) < 4.78 is 69.9. The molecule has 0 atom stereocenters. The second-order valence-electron chi connectivity index (χ2n) is 5.97. The minimum absolute atomic E-state index is 0.0331. The molecule has 1 aliphatic rings. The molecule has 1 aromatic heterocycles. The molecule has 1 saturated carbocycles. The van der Waals surface area contributed by atoms with Gasteiger partial charge in [0.05, 0.1) is 9.40 Å². The smallest absolute Gasteiger partial charge is 0.403 e. The Balaban J connectivity index is 1.87. The zero-order chi connectivity index (χ0) is 17.1. The molecular weight excluding hydrogens is 347 g/mol. The number of rotatable bonds is 3. The maximum atomic E-state index is 14.7. The van der Waals surface area contributed by atoms with Crippen LogP contribution in [0.2, 0.25) is 0 Å². The van der Waals surface area contributed by atoms with Gasteiger partial charge in [-0.05, 0) is 42.9 Å². The Kier molecular flexibility index (Phi) is 3.46. The second kappa shape index (κ2) is 5.31. The zero-order valence-corrected chi connectivity index (χ0v) is 13.0. The van der Waals surface area contributed by atoms with Crippen LogP contribution in [0.1, 0.15) is 18.4 Å². The van der Waals surface area contributed by atoms with Gasteiger partial charge >= 0.3 is 6.36 Å². The van der Waals surface area contributed by atoms with E-state index in [1.807, 2.05) is 0 Å². The number of hydrogen-bond acceptors (Lipinski definition) is 2. The van der Waals surface area contributed by atoms with Crippen molar-refractivity contribution in [3.63, 3.8) is 0 Å². The molecule has 0 saturated heterocycles. The van der Waals surface area contributed by atoms with Gasteiger partial charge in [-0.15, -0.1) is 24.5 Å². The normalized spacial score (nSPS) is 15.4. The van der Waals surface area contributed by atoms with Gasteiger partial charge in [0.2, 0.25) is 0 Å². The van der Waals surface area contributed by atoms with Gasteiger partial charge in [-0.1, -0.05) is 12.1 Å². The quantitative estimate of drug-likeness (QED) is 0.508. The van der Waals surface area contributed by atoms with Crippen LogP contribution in [-0.4, -0.2) is 6.36 Å². The monoisotopic (exact) mass is 358 g/mol. The molecule has 0 radical (unpaired) electrons. The average Bonchev–Trinajstić information content (AvgIpc) is 3.23. The van der Waals surface area contributed by atoms with Crippen LogP contribution in [0.5, 0.6) is 5.75 Å². The molecule has 2 aromatic carbocycles. The van der Waals surface area contributed by atoms with Crippen molar-refractivity contribution in [3.8, 4) is 5.75 Å². The second-order valence-corrected chi connectivity index (χ2v) is 6.99. The lowest BCUT2D eigenvalue weighted by molar-refractivity contribution is -0.275. The van der Waals surface area contributed by atoms with Crippen LogP contribution >= 0.6 is 11.3 Å². The van der Waals surface area contributed by atoms with Crippen molar-refractivity contribution in [2.75, 3.05) is 0 Å². The van der Waals surface area contributed by atoms with E-state index in [1.54, 1.807) is 12.1 Å². The number of thiophene rings is 1. The largest absolute Gasteiger partial charge is 0.573 e. The van der Waals surface area contributed by atoms with E-state index in [9.17, 15) is 22.0 Å². The Labute approximate surface area is 137 Å². The highest BCUT2D eigenvalue weighted by Gasteiger charge is 2.33. The summed E-state index contributed by atoms with van der Waals surface area (Å²) in [5.41, 5.74) is 0.573. The number of benzene rings is 2. The molecule has 7 heteroatoms. The van der Waals surface area contributed by atoms with Gasteiger partial charge in [0.25, 0.3) is 0 Å². The molecule has 0 unspecified atom stereocenters.